The van der Waals surface area contributed by atoms with E-state index in [4.69, 9.17) is 32.4 Å². The number of ether oxygens (including phenoxy) is 1. The Balaban J connectivity index is 1.95. The fourth-order valence-electron chi connectivity index (χ4n) is 1.96. The number of carbonyl (C=O) groups excluding carboxylic acids is 1. The van der Waals surface area contributed by atoms with E-state index in [1.54, 1.807) is 26.8 Å². The van der Waals surface area contributed by atoms with Crippen LogP contribution in [0.25, 0.3) is 0 Å². The van der Waals surface area contributed by atoms with Crippen LogP contribution in [0.2, 0.25) is 10.0 Å². The minimum Gasteiger partial charge on any atom is -0.444 e. The molecule has 0 bridgehead atoms. The fourth-order valence-corrected chi connectivity index (χ4v) is 3.41. The molecule has 11 heteroatoms. The Morgan fingerprint density at radius 1 is 1.22 bits per heavy atom. The highest BCUT2D eigenvalue weighted by Crippen LogP contribution is 2.24. The fraction of sp³-hybridized carbons (Fsp3) is 0.438. The number of hydrogen-bond acceptors (Lipinski definition) is 7. The van der Waals surface area contributed by atoms with E-state index in [1.165, 1.54) is 12.1 Å². The molecule has 27 heavy (non-hydrogen) atoms. The summed E-state index contributed by atoms with van der Waals surface area (Å²) in [4.78, 5) is 11.6. The van der Waals surface area contributed by atoms with Crippen molar-refractivity contribution in [3.63, 3.8) is 0 Å². The van der Waals surface area contributed by atoms with Crippen molar-refractivity contribution in [2.24, 2.45) is 0 Å². The Morgan fingerprint density at radius 2 is 1.93 bits per heavy atom. The molecule has 0 aliphatic heterocycles. The van der Waals surface area contributed by atoms with Crippen molar-refractivity contribution in [2.75, 3.05) is 6.54 Å². The molecule has 1 heterocycles. The Labute approximate surface area is 167 Å². The quantitative estimate of drug-likeness (QED) is 0.739. The van der Waals surface area contributed by atoms with Gasteiger partial charge in [-0.25, -0.2) is 13.2 Å². The summed E-state index contributed by atoms with van der Waals surface area (Å²) in [6.07, 6.45) is -0.427. The molecule has 0 spiro atoms. The molecular formula is C16H19Cl2N3O5S. The van der Waals surface area contributed by atoms with Crippen LogP contribution < -0.4 is 5.32 Å². The Kier molecular flexibility index (Phi) is 6.72. The van der Waals surface area contributed by atoms with E-state index in [0.717, 1.165) is 0 Å². The molecular weight excluding hydrogens is 417 g/mol. The molecule has 1 N–H and O–H groups in total. The highest BCUT2D eigenvalue weighted by atomic mass is 35.5. The van der Waals surface area contributed by atoms with Gasteiger partial charge in [-0.2, -0.15) is 0 Å². The summed E-state index contributed by atoms with van der Waals surface area (Å²) in [5.74, 6) is -0.277. The lowest BCUT2D eigenvalue weighted by molar-refractivity contribution is 0.0527. The van der Waals surface area contributed by atoms with Crippen LogP contribution >= 0.6 is 23.2 Å². The lowest BCUT2D eigenvalue weighted by Crippen LogP contribution is -2.33. The van der Waals surface area contributed by atoms with Crippen molar-refractivity contribution >= 4 is 39.1 Å². The molecule has 148 valence electrons. The SMILES string of the molecule is CC(C)(C)OC(=O)NCCc1nnc(S(=O)(=O)Cc2ccc(Cl)c(Cl)c2)o1. The van der Waals surface area contributed by atoms with Crippen LogP contribution in [0.15, 0.2) is 27.8 Å². The highest BCUT2D eigenvalue weighted by molar-refractivity contribution is 7.90. The Bertz CT molecular complexity index is 922. The summed E-state index contributed by atoms with van der Waals surface area (Å²) < 4.78 is 35.1. The van der Waals surface area contributed by atoms with Gasteiger partial charge in [-0.1, -0.05) is 34.4 Å². The van der Waals surface area contributed by atoms with Crippen LogP contribution in [-0.4, -0.2) is 36.9 Å². The number of carbonyl (C=O) groups is 1. The molecule has 1 aromatic heterocycles. The Hall–Kier alpha value is -1.84. The van der Waals surface area contributed by atoms with Gasteiger partial charge in [0.15, 0.2) is 0 Å². The van der Waals surface area contributed by atoms with E-state index in [1.807, 2.05) is 0 Å². The molecule has 0 saturated carbocycles. The second-order valence-corrected chi connectivity index (χ2v) is 9.33. The zero-order valence-electron chi connectivity index (χ0n) is 15.0. The van der Waals surface area contributed by atoms with E-state index in [9.17, 15) is 13.2 Å². The van der Waals surface area contributed by atoms with Gasteiger partial charge in [0.25, 0.3) is 0 Å². The van der Waals surface area contributed by atoms with Gasteiger partial charge in [-0.15, -0.1) is 5.10 Å². The second-order valence-electron chi connectivity index (χ2n) is 6.65. The average molecular weight is 436 g/mol. The summed E-state index contributed by atoms with van der Waals surface area (Å²) >= 11 is 11.7. The standard InChI is InChI=1S/C16H19Cl2N3O5S/c1-16(2,3)26-14(22)19-7-6-13-20-21-15(25-13)27(23,24)9-10-4-5-11(17)12(18)8-10/h4-5,8H,6-7,9H2,1-3H3,(H,19,22). The van der Waals surface area contributed by atoms with Gasteiger partial charge in [-0.05, 0) is 38.5 Å². The number of sulfone groups is 1. The minimum absolute atomic E-state index is 0.0822. The molecule has 0 atom stereocenters. The van der Waals surface area contributed by atoms with Gasteiger partial charge in [0.2, 0.25) is 15.7 Å². The van der Waals surface area contributed by atoms with Gasteiger partial charge in [-0.3, -0.25) is 0 Å². The number of hydrogen-bond donors (Lipinski definition) is 1. The van der Waals surface area contributed by atoms with Crippen molar-refractivity contribution in [1.82, 2.24) is 15.5 Å². The van der Waals surface area contributed by atoms with Crippen molar-refractivity contribution < 1.29 is 22.4 Å². The number of benzene rings is 1. The first-order valence-electron chi connectivity index (χ1n) is 7.92. The summed E-state index contributed by atoms with van der Waals surface area (Å²) in [5.41, 5.74) is -0.170. The largest absolute Gasteiger partial charge is 0.444 e. The van der Waals surface area contributed by atoms with Crippen LogP contribution in [0.5, 0.6) is 0 Å². The predicted molar refractivity (Wildman–Crippen MR) is 99.6 cm³/mol. The number of halogens is 2. The summed E-state index contributed by atoms with van der Waals surface area (Å²) in [7, 11) is -3.84. The zero-order valence-corrected chi connectivity index (χ0v) is 17.3. The number of nitrogens with zero attached hydrogens (tertiary/aromatic N) is 2. The predicted octanol–water partition coefficient (Wildman–Crippen LogP) is 3.42. The summed E-state index contributed by atoms with van der Waals surface area (Å²) in [6.45, 7) is 5.39. The molecule has 0 aliphatic carbocycles. The van der Waals surface area contributed by atoms with Gasteiger partial charge >= 0.3 is 11.3 Å². The number of rotatable bonds is 6. The third kappa shape index (κ3) is 6.67. The van der Waals surface area contributed by atoms with Crippen LogP contribution in [0.4, 0.5) is 4.79 Å². The third-order valence-electron chi connectivity index (χ3n) is 3.06. The summed E-state index contributed by atoms with van der Waals surface area (Å²) in [5, 5.41) is 9.87. The van der Waals surface area contributed by atoms with E-state index < -0.39 is 26.8 Å². The van der Waals surface area contributed by atoms with E-state index in [0.29, 0.717) is 10.6 Å². The van der Waals surface area contributed by atoms with Gasteiger partial charge in [0, 0.05) is 13.0 Å². The molecule has 8 nitrogen and oxygen atoms in total. The molecule has 0 saturated heterocycles. The van der Waals surface area contributed by atoms with Gasteiger partial charge < -0.3 is 14.5 Å². The van der Waals surface area contributed by atoms with Crippen LogP contribution in [0.3, 0.4) is 0 Å². The first-order valence-corrected chi connectivity index (χ1v) is 10.3. The number of aromatic nitrogens is 2. The average Bonchev–Trinajstić information content (AvgIpc) is 2.99. The van der Waals surface area contributed by atoms with Crippen molar-refractivity contribution in [1.29, 1.82) is 0 Å². The molecule has 0 aliphatic rings. The lowest BCUT2D eigenvalue weighted by Gasteiger charge is -2.19. The van der Waals surface area contributed by atoms with Crippen molar-refractivity contribution in [2.45, 2.75) is 43.8 Å². The van der Waals surface area contributed by atoms with E-state index in [2.05, 4.69) is 15.5 Å². The van der Waals surface area contributed by atoms with Crippen LogP contribution in [0, 0.1) is 0 Å². The first-order chi connectivity index (χ1) is 12.5. The topological polar surface area (TPSA) is 111 Å². The third-order valence-corrected chi connectivity index (χ3v) is 5.21. The summed E-state index contributed by atoms with van der Waals surface area (Å²) in [6, 6.07) is 4.52. The van der Waals surface area contributed by atoms with E-state index >= 15 is 0 Å². The van der Waals surface area contributed by atoms with Crippen LogP contribution in [-0.2, 0) is 26.7 Å². The highest BCUT2D eigenvalue weighted by Gasteiger charge is 2.23. The monoisotopic (exact) mass is 435 g/mol. The molecule has 1 aromatic carbocycles. The first kappa shape index (κ1) is 21.5. The van der Waals surface area contributed by atoms with Gasteiger partial charge in [0.05, 0.1) is 15.8 Å². The molecule has 2 aromatic rings. The molecule has 0 unspecified atom stereocenters. The molecule has 0 radical (unpaired) electrons. The van der Waals surface area contributed by atoms with Crippen molar-refractivity contribution in [3.05, 3.63) is 39.7 Å². The van der Waals surface area contributed by atoms with Gasteiger partial charge in [0.1, 0.15) is 5.60 Å². The number of alkyl carbamates (subject to hydrolysis) is 1. The van der Waals surface area contributed by atoms with E-state index in [-0.39, 0.29) is 29.6 Å². The number of nitrogens with one attached hydrogen (secondary N) is 1. The lowest BCUT2D eigenvalue weighted by atomic mass is 10.2. The maximum Gasteiger partial charge on any atom is 0.407 e. The smallest absolute Gasteiger partial charge is 0.407 e. The van der Waals surface area contributed by atoms with Crippen molar-refractivity contribution in [3.8, 4) is 0 Å². The van der Waals surface area contributed by atoms with Crippen LogP contribution in [0.1, 0.15) is 32.2 Å². The zero-order chi connectivity index (χ0) is 20.2. The normalized spacial score (nSPS) is 12.0. The molecule has 2 rings (SSSR count). The molecule has 1 amide bonds. The number of amides is 1. The maximum absolute atomic E-state index is 12.4. The minimum atomic E-state index is -3.84. The Morgan fingerprint density at radius 3 is 2.56 bits per heavy atom. The second kappa shape index (κ2) is 8.45. The molecule has 0 fully saturated rings. The maximum atomic E-state index is 12.4.